The first-order valence-electron chi connectivity index (χ1n) is 15.2. The molecule has 3 nitrogen and oxygen atoms in total. The standard InChI is InChI=1S/C40H32NO2P/c1-27(29-13-4-3-5-14-29)41(28(2)33-22-12-18-30-15-6-9-19-34(30)33)44-42-37-25-23-31-16-7-10-20-35(31)39(37)40-36-21-11-8-17-32(36)24-26-38(40)43-44/h3-28H,1-2H3/t27-,28-/m1/s1. The number of nitrogens with zero attached hydrogens (tertiary/aromatic N) is 1. The van der Waals surface area contributed by atoms with Crippen molar-refractivity contribution in [2.24, 2.45) is 0 Å². The molecule has 8 aromatic rings. The second-order valence-corrected chi connectivity index (χ2v) is 12.8. The van der Waals surface area contributed by atoms with Crippen LogP contribution in [0.2, 0.25) is 0 Å². The molecule has 0 N–H and O–H groups in total. The Morgan fingerprint density at radius 3 is 1.52 bits per heavy atom. The average Bonchev–Trinajstić information content (AvgIpc) is 3.25. The highest BCUT2D eigenvalue weighted by molar-refractivity contribution is 7.39. The Kier molecular flexibility index (Phi) is 6.71. The van der Waals surface area contributed by atoms with Crippen LogP contribution in [0.15, 0.2) is 154 Å². The van der Waals surface area contributed by atoms with Crippen molar-refractivity contribution in [3.63, 3.8) is 0 Å². The molecule has 0 unspecified atom stereocenters. The van der Waals surface area contributed by atoms with Gasteiger partial charge >= 0.3 is 8.16 Å². The first kappa shape index (κ1) is 26.8. The van der Waals surface area contributed by atoms with Gasteiger partial charge in [0.15, 0.2) is 0 Å². The lowest BCUT2D eigenvalue weighted by Crippen LogP contribution is -2.27. The minimum Gasteiger partial charge on any atom is -0.408 e. The van der Waals surface area contributed by atoms with E-state index < -0.39 is 8.16 Å². The lowest BCUT2D eigenvalue weighted by molar-refractivity contribution is 0.560. The molecule has 0 amide bonds. The van der Waals surface area contributed by atoms with E-state index >= 15 is 0 Å². The summed E-state index contributed by atoms with van der Waals surface area (Å²) < 4.78 is 16.7. The number of rotatable bonds is 5. The molecule has 1 heterocycles. The predicted molar refractivity (Wildman–Crippen MR) is 187 cm³/mol. The third-order valence-corrected chi connectivity index (χ3v) is 10.7. The molecule has 1 aromatic heterocycles. The Hall–Kier alpha value is -4.82. The summed E-state index contributed by atoms with van der Waals surface area (Å²) in [5.74, 6) is 0. The maximum absolute atomic E-state index is 7.12. The molecule has 2 atom stereocenters. The van der Waals surface area contributed by atoms with Gasteiger partial charge in [-0.1, -0.05) is 133 Å². The van der Waals surface area contributed by atoms with Crippen molar-refractivity contribution in [2.45, 2.75) is 25.9 Å². The van der Waals surface area contributed by atoms with E-state index in [4.69, 9.17) is 8.39 Å². The van der Waals surface area contributed by atoms with Gasteiger partial charge in [-0.3, -0.25) is 0 Å². The van der Waals surface area contributed by atoms with E-state index in [1.165, 1.54) is 32.7 Å². The van der Waals surface area contributed by atoms with Crippen molar-refractivity contribution in [1.29, 1.82) is 0 Å². The summed E-state index contributed by atoms with van der Waals surface area (Å²) in [6.45, 7) is 4.54. The average molecular weight is 590 g/mol. The SMILES string of the molecule is C[C@H](c1ccccc1)N([C@H](C)c1cccc2ccccc12)p1oc2ccc3ccccc3c2c2c(ccc3ccccc32)o1. The third-order valence-electron chi connectivity index (χ3n) is 8.92. The van der Waals surface area contributed by atoms with Crippen LogP contribution >= 0.6 is 8.16 Å². The van der Waals surface area contributed by atoms with Crippen LogP contribution in [0.5, 0.6) is 0 Å². The highest BCUT2D eigenvalue weighted by Crippen LogP contribution is 2.48. The lowest BCUT2D eigenvalue weighted by Gasteiger charge is -2.32. The number of benzene rings is 7. The Balaban J connectivity index is 1.48. The first-order chi connectivity index (χ1) is 21.7. The number of hydrogen-bond acceptors (Lipinski definition) is 3. The largest absolute Gasteiger partial charge is 0.408 e. The van der Waals surface area contributed by atoms with Crippen molar-refractivity contribution in [1.82, 2.24) is 0 Å². The van der Waals surface area contributed by atoms with Crippen molar-refractivity contribution < 1.29 is 8.39 Å². The monoisotopic (exact) mass is 589 g/mol. The number of hydrogen-bond donors (Lipinski definition) is 0. The summed E-state index contributed by atoms with van der Waals surface area (Å²) in [6.07, 6.45) is 0. The van der Waals surface area contributed by atoms with Gasteiger partial charge in [-0.2, -0.15) is 4.67 Å². The molecule has 0 saturated heterocycles. The Morgan fingerprint density at radius 1 is 0.455 bits per heavy atom. The van der Waals surface area contributed by atoms with E-state index in [9.17, 15) is 0 Å². The first-order valence-corrected chi connectivity index (χ1v) is 16.3. The Bertz CT molecular complexity index is 2240. The molecular weight excluding hydrogens is 557 g/mol. The third kappa shape index (κ3) is 4.48. The molecule has 7 aromatic carbocycles. The summed E-state index contributed by atoms with van der Waals surface area (Å²) in [6, 6.07) is 51.6. The normalized spacial score (nSPS) is 13.2. The predicted octanol–water partition coefficient (Wildman–Crippen LogP) is 12.2. The van der Waals surface area contributed by atoms with Crippen molar-refractivity contribution >= 4 is 62.4 Å². The van der Waals surface area contributed by atoms with Gasteiger partial charge in [-0.05, 0) is 69.4 Å². The fraction of sp³-hybridized carbons (Fsp3) is 0.100. The molecular formula is C40H32NO2P. The molecule has 0 radical (unpaired) electrons. The quantitative estimate of drug-likeness (QED) is 0.200. The molecule has 0 aliphatic carbocycles. The molecule has 214 valence electrons. The van der Waals surface area contributed by atoms with Crippen LogP contribution in [0, 0.1) is 0 Å². The van der Waals surface area contributed by atoms with E-state index in [0.717, 1.165) is 32.7 Å². The van der Waals surface area contributed by atoms with Crippen molar-refractivity contribution in [3.8, 4) is 0 Å². The van der Waals surface area contributed by atoms with E-state index in [0.29, 0.717) is 0 Å². The Labute approximate surface area is 257 Å². The lowest BCUT2D eigenvalue weighted by atomic mass is 9.98. The Morgan fingerprint density at radius 2 is 0.932 bits per heavy atom. The summed E-state index contributed by atoms with van der Waals surface area (Å²) in [5, 5.41) is 9.33. The molecule has 0 aliphatic heterocycles. The molecule has 0 spiro atoms. The van der Waals surface area contributed by atoms with Gasteiger partial charge in [0.25, 0.3) is 0 Å². The minimum absolute atomic E-state index is 0.00618. The van der Waals surface area contributed by atoms with E-state index in [1.54, 1.807) is 0 Å². The van der Waals surface area contributed by atoms with Crippen molar-refractivity contribution in [2.75, 3.05) is 4.67 Å². The molecule has 4 heteroatoms. The maximum Gasteiger partial charge on any atom is 0.310 e. The summed E-state index contributed by atoms with van der Waals surface area (Å²) in [4.78, 5) is 0. The highest BCUT2D eigenvalue weighted by atomic mass is 31.1. The van der Waals surface area contributed by atoms with Gasteiger partial charge in [0, 0.05) is 22.9 Å². The minimum atomic E-state index is -1.59. The van der Waals surface area contributed by atoms with Crippen LogP contribution in [-0.4, -0.2) is 0 Å². The molecule has 0 aliphatic rings. The number of fused-ring (bicyclic) bond motifs is 8. The fourth-order valence-electron chi connectivity index (χ4n) is 6.71. The van der Waals surface area contributed by atoms with Gasteiger partial charge in [-0.15, -0.1) is 0 Å². The molecule has 0 bridgehead atoms. The zero-order valence-corrected chi connectivity index (χ0v) is 25.6. The smallest absolute Gasteiger partial charge is 0.310 e. The summed E-state index contributed by atoms with van der Waals surface area (Å²) >= 11 is 0. The summed E-state index contributed by atoms with van der Waals surface area (Å²) in [7, 11) is -1.59. The van der Waals surface area contributed by atoms with Gasteiger partial charge in [0.05, 0.1) is 0 Å². The summed E-state index contributed by atoms with van der Waals surface area (Å²) in [5.41, 5.74) is 4.17. The zero-order valence-electron chi connectivity index (χ0n) is 24.7. The van der Waals surface area contributed by atoms with Crippen LogP contribution in [-0.2, 0) is 0 Å². The van der Waals surface area contributed by atoms with E-state index in [-0.39, 0.29) is 12.1 Å². The highest BCUT2D eigenvalue weighted by Gasteiger charge is 2.30. The van der Waals surface area contributed by atoms with Crippen LogP contribution in [0.3, 0.4) is 0 Å². The van der Waals surface area contributed by atoms with Crippen LogP contribution in [0.4, 0.5) is 0 Å². The molecule has 0 saturated carbocycles. The van der Waals surface area contributed by atoms with Gasteiger partial charge < -0.3 is 8.39 Å². The topological polar surface area (TPSA) is 29.5 Å². The van der Waals surface area contributed by atoms with Gasteiger partial charge in [0.1, 0.15) is 11.2 Å². The fourth-order valence-corrected chi connectivity index (χ4v) is 8.40. The molecule has 0 fully saturated rings. The van der Waals surface area contributed by atoms with Crippen molar-refractivity contribution in [3.05, 3.63) is 157 Å². The maximum atomic E-state index is 7.12. The van der Waals surface area contributed by atoms with Gasteiger partial charge in [-0.25, -0.2) is 0 Å². The van der Waals surface area contributed by atoms with E-state index in [2.05, 4.69) is 164 Å². The molecule has 44 heavy (non-hydrogen) atoms. The second-order valence-electron chi connectivity index (χ2n) is 11.5. The molecule has 8 rings (SSSR count). The zero-order chi connectivity index (χ0) is 29.6. The second kappa shape index (κ2) is 11.0. The van der Waals surface area contributed by atoms with Crippen LogP contribution in [0.1, 0.15) is 37.1 Å². The van der Waals surface area contributed by atoms with E-state index in [1.807, 2.05) is 0 Å². The van der Waals surface area contributed by atoms with Crippen LogP contribution < -0.4 is 4.67 Å². The van der Waals surface area contributed by atoms with Gasteiger partial charge in [0.2, 0.25) is 0 Å². The van der Waals surface area contributed by atoms with Crippen LogP contribution in [0.25, 0.3) is 54.3 Å².